The molecule has 0 N–H and O–H groups in total. The zero-order chi connectivity index (χ0) is 18.6. The first-order chi connectivity index (χ1) is 11.8. The monoisotopic (exact) mass is 362 g/mol. The van der Waals surface area contributed by atoms with E-state index in [1.54, 1.807) is 0 Å². The Bertz CT molecular complexity index is 671. The third kappa shape index (κ3) is 4.72. The van der Waals surface area contributed by atoms with Gasteiger partial charge in [-0.2, -0.15) is 0 Å². The smallest absolute Gasteiger partial charge is 0.341 e. The zero-order valence-corrected chi connectivity index (χ0v) is 16.5. The van der Waals surface area contributed by atoms with Crippen LogP contribution in [0, 0.1) is 5.92 Å². The number of carbonyl (C=O) groups is 2. The molecule has 0 heterocycles. The summed E-state index contributed by atoms with van der Waals surface area (Å²) in [6.07, 6.45) is 3.17. The van der Waals surface area contributed by atoms with E-state index in [9.17, 15) is 9.59 Å². The normalized spacial score (nSPS) is 16.1. The van der Waals surface area contributed by atoms with Gasteiger partial charge in [0.25, 0.3) is 0 Å². The van der Waals surface area contributed by atoms with E-state index in [1.807, 2.05) is 24.3 Å². The summed E-state index contributed by atoms with van der Waals surface area (Å²) in [5.41, 5.74) is 1.46. The van der Waals surface area contributed by atoms with Crippen LogP contribution in [-0.2, 0) is 23.8 Å². The van der Waals surface area contributed by atoms with Crippen molar-refractivity contribution in [2.75, 3.05) is 14.2 Å². The molecule has 0 saturated heterocycles. The summed E-state index contributed by atoms with van der Waals surface area (Å²) in [5, 5.41) is 0. The number of carbonyl (C=O) groups excluding carboxylic acids is 2. The molecular formula is C19H26O5Si. The molecule has 25 heavy (non-hydrogen) atoms. The van der Waals surface area contributed by atoms with E-state index in [1.165, 1.54) is 20.5 Å². The lowest BCUT2D eigenvalue weighted by Gasteiger charge is -2.31. The van der Waals surface area contributed by atoms with Crippen molar-refractivity contribution in [2.45, 2.75) is 38.2 Å². The molecule has 5 nitrogen and oxygen atoms in total. The van der Waals surface area contributed by atoms with Gasteiger partial charge < -0.3 is 14.2 Å². The van der Waals surface area contributed by atoms with Crippen LogP contribution in [0.2, 0.25) is 19.6 Å². The van der Waals surface area contributed by atoms with Gasteiger partial charge in [-0.25, -0.2) is 4.79 Å². The summed E-state index contributed by atoms with van der Waals surface area (Å²) < 4.78 is 15.9. The molecule has 0 aliphatic heterocycles. The van der Waals surface area contributed by atoms with E-state index < -0.39 is 14.0 Å². The van der Waals surface area contributed by atoms with Crippen LogP contribution in [0.1, 0.15) is 29.7 Å². The van der Waals surface area contributed by atoms with Gasteiger partial charge in [0.1, 0.15) is 11.3 Å². The second kappa shape index (κ2) is 7.87. The van der Waals surface area contributed by atoms with Crippen molar-refractivity contribution in [3.8, 4) is 0 Å². The van der Waals surface area contributed by atoms with E-state index in [0.29, 0.717) is 11.1 Å². The molecule has 1 unspecified atom stereocenters. The first kappa shape index (κ1) is 19.2. The van der Waals surface area contributed by atoms with Crippen molar-refractivity contribution in [2.24, 2.45) is 5.92 Å². The van der Waals surface area contributed by atoms with Gasteiger partial charge in [-0.05, 0) is 24.0 Å². The fourth-order valence-electron chi connectivity index (χ4n) is 2.66. The van der Waals surface area contributed by atoms with Gasteiger partial charge in [-0.1, -0.05) is 43.9 Å². The zero-order valence-electron chi connectivity index (χ0n) is 15.5. The average Bonchev–Trinajstić information content (AvgIpc) is 3.41. The largest absolute Gasteiger partial charge is 0.503 e. The molecule has 1 aromatic rings. The quantitative estimate of drug-likeness (QED) is 0.320. The Labute approximate surface area is 150 Å². The summed E-state index contributed by atoms with van der Waals surface area (Å²) in [7, 11) is 0.895. The van der Waals surface area contributed by atoms with Crippen LogP contribution in [0.4, 0.5) is 0 Å². The molecule has 0 bridgehead atoms. The van der Waals surface area contributed by atoms with Crippen LogP contribution in [0.25, 0.3) is 5.57 Å². The fourth-order valence-corrected chi connectivity index (χ4v) is 4.31. The van der Waals surface area contributed by atoms with E-state index >= 15 is 0 Å². The Kier molecular flexibility index (Phi) is 6.05. The first-order valence-corrected chi connectivity index (χ1v) is 12.0. The molecule has 6 heteroatoms. The van der Waals surface area contributed by atoms with Gasteiger partial charge >= 0.3 is 11.9 Å². The van der Waals surface area contributed by atoms with Gasteiger partial charge in [0, 0.05) is 0 Å². The highest BCUT2D eigenvalue weighted by Crippen LogP contribution is 2.38. The number of benzene rings is 1. The fraction of sp³-hybridized carbons (Fsp3) is 0.474. The Morgan fingerprint density at radius 3 is 2.32 bits per heavy atom. The molecule has 0 aromatic heterocycles. The lowest BCUT2D eigenvalue weighted by atomic mass is 10.0. The lowest BCUT2D eigenvalue weighted by molar-refractivity contribution is -0.147. The summed E-state index contributed by atoms with van der Waals surface area (Å²) >= 11 is 0. The molecule has 0 spiro atoms. The summed E-state index contributed by atoms with van der Waals surface area (Å²) in [6.45, 7) is 6.44. The first-order valence-electron chi connectivity index (χ1n) is 8.40. The van der Waals surface area contributed by atoms with Crippen molar-refractivity contribution in [1.29, 1.82) is 0 Å². The predicted octanol–water partition coefficient (Wildman–Crippen LogP) is 3.72. The molecule has 136 valence electrons. The number of methoxy groups -OCH3 is 2. The molecule has 1 aliphatic rings. The van der Waals surface area contributed by atoms with Crippen molar-refractivity contribution in [3.05, 3.63) is 41.7 Å². The van der Waals surface area contributed by atoms with Crippen molar-refractivity contribution >= 4 is 25.6 Å². The lowest BCUT2D eigenvalue weighted by Crippen LogP contribution is -2.35. The minimum atomic E-state index is -1.92. The standard InChI is InChI=1S/C19H26O5Si/c1-22-12-16(18(21)23-2)14-8-6-7-9-15(14)19(25(3,4)5)24-17(20)13-10-11-13/h6-9,12-13,19H,10-11H2,1-5H3. The number of ether oxygens (including phenoxy) is 3. The van der Waals surface area contributed by atoms with Gasteiger partial charge in [-0.3, -0.25) is 4.79 Å². The molecule has 1 saturated carbocycles. The summed E-state index contributed by atoms with van der Waals surface area (Å²) in [4.78, 5) is 24.5. The minimum Gasteiger partial charge on any atom is -0.503 e. The number of hydrogen-bond donors (Lipinski definition) is 0. The predicted molar refractivity (Wildman–Crippen MR) is 98.3 cm³/mol. The molecule has 1 fully saturated rings. The molecule has 1 aromatic carbocycles. The number of esters is 2. The second-order valence-electron chi connectivity index (χ2n) is 7.30. The maximum absolute atomic E-state index is 12.3. The van der Waals surface area contributed by atoms with Crippen LogP contribution in [0.3, 0.4) is 0 Å². The highest BCUT2D eigenvalue weighted by molar-refractivity contribution is 6.77. The molecule has 1 atom stereocenters. The third-order valence-corrected chi connectivity index (χ3v) is 6.11. The van der Waals surface area contributed by atoms with Crippen molar-refractivity contribution < 1.29 is 23.8 Å². The summed E-state index contributed by atoms with van der Waals surface area (Å²) in [5.74, 6) is -0.602. The van der Waals surface area contributed by atoms with E-state index in [2.05, 4.69) is 19.6 Å². The molecule has 2 rings (SSSR count). The van der Waals surface area contributed by atoms with E-state index in [0.717, 1.165) is 18.4 Å². The molecule has 0 radical (unpaired) electrons. The highest BCUT2D eigenvalue weighted by atomic mass is 28.3. The molecule has 0 amide bonds. The summed E-state index contributed by atoms with van der Waals surface area (Å²) in [6, 6.07) is 7.47. The van der Waals surface area contributed by atoms with E-state index in [-0.39, 0.29) is 17.6 Å². The highest BCUT2D eigenvalue weighted by Gasteiger charge is 2.39. The second-order valence-corrected chi connectivity index (χ2v) is 12.6. The van der Waals surface area contributed by atoms with Gasteiger partial charge in [0.15, 0.2) is 0 Å². The van der Waals surface area contributed by atoms with Crippen molar-refractivity contribution in [1.82, 2.24) is 0 Å². The Morgan fingerprint density at radius 2 is 1.80 bits per heavy atom. The van der Waals surface area contributed by atoms with Crippen LogP contribution in [0.15, 0.2) is 30.5 Å². The Hall–Kier alpha value is -2.08. The van der Waals surface area contributed by atoms with Crippen molar-refractivity contribution in [3.63, 3.8) is 0 Å². The number of rotatable bonds is 7. The third-order valence-electron chi connectivity index (χ3n) is 4.11. The van der Waals surface area contributed by atoms with Crippen LogP contribution in [-0.4, -0.2) is 34.2 Å². The van der Waals surface area contributed by atoms with Crippen LogP contribution in [0.5, 0.6) is 0 Å². The Balaban J connectivity index is 2.49. The SMILES string of the molecule is COC=C(C(=O)OC)c1ccccc1C(OC(=O)C1CC1)[Si](C)(C)C. The van der Waals surface area contributed by atoms with E-state index in [4.69, 9.17) is 14.2 Å². The maximum Gasteiger partial charge on any atom is 0.341 e. The van der Waals surface area contributed by atoms with Crippen LogP contribution < -0.4 is 0 Å². The van der Waals surface area contributed by atoms with Gasteiger partial charge in [0.2, 0.25) is 0 Å². The maximum atomic E-state index is 12.3. The van der Waals surface area contributed by atoms with Gasteiger partial charge in [-0.15, -0.1) is 0 Å². The average molecular weight is 362 g/mol. The minimum absolute atomic E-state index is 0.0283. The Morgan fingerprint density at radius 1 is 1.16 bits per heavy atom. The molecular weight excluding hydrogens is 336 g/mol. The van der Waals surface area contributed by atoms with Gasteiger partial charge in [0.05, 0.1) is 34.5 Å². The van der Waals surface area contributed by atoms with Crippen LogP contribution >= 0.6 is 0 Å². The molecule has 1 aliphatic carbocycles. The number of hydrogen-bond acceptors (Lipinski definition) is 5. The topological polar surface area (TPSA) is 61.8 Å².